The van der Waals surface area contributed by atoms with Crippen LogP contribution in [0.15, 0.2) is 53.5 Å². The van der Waals surface area contributed by atoms with Crippen LogP contribution in [0.3, 0.4) is 0 Å². The minimum absolute atomic E-state index is 0.196. The van der Waals surface area contributed by atoms with E-state index < -0.39 is 0 Å². The number of pyridine rings is 1. The maximum atomic E-state index is 12.0. The van der Waals surface area contributed by atoms with Crippen LogP contribution in [0.5, 0.6) is 0 Å². The first kappa shape index (κ1) is 14.4. The molecule has 110 valence electrons. The van der Waals surface area contributed by atoms with Crippen molar-refractivity contribution in [2.24, 2.45) is 0 Å². The molecule has 3 aromatic heterocycles. The fourth-order valence-corrected chi connectivity index (χ4v) is 3.02. The van der Waals surface area contributed by atoms with E-state index in [4.69, 9.17) is 0 Å². The average molecular weight is 329 g/mol. The fraction of sp³-hybridized carbons (Fsp3) is 0. The van der Waals surface area contributed by atoms with Gasteiger partial charge in [0.05, 0.1) is 33.5 Å². The largest absolute Gasteiger partial charge is 0.320 e. The summed E-state index contributed by atoms with van der Waals surface area (Å²) >= 11 is 2.73. The zero-order valence-corrected chi connectivity index (χ0v) is 12.9. The Morgan fingerprint density at radius 1 is 0.864 bits per heavy atom. The maximum absolute atomic E-state index is 12.0. The summed E-state index contributed by atoms with van der Waals surface area (Å²) in [4.78, 5) is 29.2. The van der Waals surface area contributed by atoms with Gasteiger partial charge in [-0.05, 0) is 29.0 Å². The smallest absolute Gasteiger partial charge is 0.265 e. The summed E-state index contributed by atoms with van der Waals surface area (Å²) in [7, 11) is 0. The van der Waals surface area contributed by atoms with Gasteiger partial charge < -0.3 is 10.6 Å². The summed E-state index contributed by atoms with van der Waals surface area (Å²) < 4.78 is 0. The Morgan fingerprint density at radius 3 is 1.77 bits per heavy atom. The van der Waals surface area contributed by atoms with Gasteiger partial charge in [-0.3, -0.25) is 14.6 Å². The number of hydrogen-bond acceptors (Lipinski definition) is 5. The molecule has 0 aromatic carbocycles. The normalized spacial score (nSPS) is 10.2. The Balaban J connectivity index is 1.70. The van der Waals surface area contributed by atoms with E-state index in [1.165, 1.54) is 35.1 Å². The Kier molecular flexibility index (Phi) is 4.27. The average Bonchev–Trinajstić information content (AvgIpc) is 3.21. The molecule has 0 aliphatic rings. The van der Waals surface area contributed by atoms with Crippen LogP contribution in [0.25, 0.3) is 0 Å². The number of nitrogens with one attached hydrogen (secondary N) is 2. The van der Waals surface area contributed by atoms with Crippen molar-refractivity contribution < 1.29 is 9.59 Å². The number of anilines is 2. The maximum Gasteiger partial charge on any atom is 0.265 e. The van der Waals surface area contributed by atoms with Crippen LogP contribution in [0.2, 0.25) is 0 Å². The molecular weight excluding hydrogens is 318 g/mol. The number of carbonyl (C=O) groups is 2. The summed E-state index contributed by atoms with van der Waals surface area (Å²) in [5, 5.41) is 9.18. The zero-order chi connectivity index (χ0) is 15.4. The van der Waals surface area contributed by atoms with Gasteiger partial charge in [-0.2, -0.15) is 0 Å². The number of aromatic nitrogens is 1. The molecule has 0 saturated carbocycles. The highest BCUT2D eigenvalue weighted by Gasteiger charge is 2.10. The molecule has 2 amide bonds. The number of amides is 2. The molecule has 0 bridgehead atoms. The molecule has 0 saturated heterocycles. The first-order valence-corrected chi connectivity index (χ1v) is 8.13. The molecule has 3 rings (SSSR count). The molecule has 5 nitrogen and oxygen atoms in total. The first-order chi connectivity index (χ1) is 10.7. The van der Waals surface area contributed by atoms with E-state index in [1.807, 2.05) is 22.9 Å². The van der Waals surface area contributed by atoms with Gasteiger partial charge in [0.25, 0.3) is 11.8 Å². The second kappa shape index (κ2) is 6.50. The highest BCUT2D eigenvalue weighted by molar-refractivity contribution is 7.12. The number of hydrogen-bond donors (Lipinski definition) is 2. The number of thiophene rings is 2. The summed E-state index contributed by atoms with van der Waals surface area (Å²) in [6, 6.07) is 8.79. The lowest BCUT2D eigenvalue weighted by Gasteiger charge is -2.07. The Hall–Kier alpha value is -2.51. The third-order valence-electron chi connectivity index (χ3n) is 2.74. The molecule has 0 atom stereocenters. The van der Waals surface area contributed by atoms with Crippen LogP contribution in [0, 0.1) is 0 Å². The van der Waals surface area contributed by atoms with Crippen molar-refractivity contribution in [1.29, 1.82) is 0 Å². The zero-order valence-electron chi connectivity index (χ0n) is 11.3. The van der Waals surface area contributed by atoms with Crippen molar-refractivity contribution in [1.82, 2.24) is 4.98 Å². The summed E-state index contributed by atoms with van der Waals surface area (Å²) in [5.74, 6) is -0.392. The molecule has 0 spiro atoms. The van der Waals surface area contributed by atoms with E-state index in [0.717, 1.165) is 0 Å². The van der Waals surface area contributed by atoms with Crippen molar-refractivity contribution in [2.45, 2.75) is 0 Å². The molecule has 0 unspecified atom stereocenters. The van der Waals surface area contributed by atoms with Crippen LogP contribution >= 0.6 is 22.7 Å². The van der Waals surface area contributed by atoms with E-state index in [0.29, 0.717) is 21.1 Å². The number of carbonyl (C=O) groups excluding carboxylic acids is 2. The van der Waals surface area contributed by atoms with Crippen LogP contribution in [0.1, 0.15) is 19.3 Å². The van der Waals surface area contributed by atoms with Crippen molar-refractivity contribution in [3.05, 3.63) is 63.2 Å². The van der Waals surface area contributed by atoms with Crippen molar-refractivity contribution in [3.8, 4) is 0 Å². The van der Waals surface area contributed by atoms with Gasteiger partial charge in [-0.15, -0.1) is 22.7 Å². The lowest BCUT2D eigenvalue weighted by Crippen LogP contribution is -2.13. The van der Waals surface area contributed by atoms with Crippen molar-refractivity contribution in [3.63, 3.8) is 0 Å². The molecule has 3 aromatic rings. The molecule has 0 radical (unpaired) electrons. The molecule has 0 aliphatic carbocycles. The second-order valence-electron chi connectivity index (χ2n) is 4.33. The van der Waals surface area contributed by atoms with E-state index in [-0.39, 0.29) is 11.8 Å². The van der Waals surface area contributed by atoms with Crippen molar-refractivity contribution >= 4 is 45.9 Å². The molecule has 2 N–H and O–H groups in total. The van der Waals surface area contributed by atoms with Gasteiger partial charge in [0.1, 0.15) is 0 Å². The van der Waals surface area contributed by atoms with Crippen LogP contribution in [-0.4, -0.2) is 16.8 Å². The summed E-state index contributed by atoms with van der Waals surface area (Å²) in [5.41, 5.74) is 1.06. The van der Waals surface area contributed by atoms with Gasteiger partial charge in [-0.1, -0.05) is 12.1 Å². The van der Waals surface area contributed by atoms with Crippen LogP contribution in [-0.2, 0) is 0 Å². The van der Waals surface area contributed by atoms with E-state index in [1.54, 1.807) is 18.2 Å². The first-order valence-electron chi connectivity index (χ1n) is 6.37. The molecular formula is C15H11N3O2S2. The molecule has 0 aliphatic heterocycles. The van der Waals surface area contributed by atoms with E-state index in [2.05, 4.69) is 15.6 Å². The SMILES string of the molecule is O=C(Nc1cncc(NC(=O)c2cccs2)c1)c1cccs1. The lowest BCUT2D eigenvalue weighted by molar-refractivity contribution is 0.102. The van der Waals surface area contributed by atoms with Gasteiger partial charge in [0.15, 0.2) is 0 Å². The second-order valence-corrected chi connectivity index (χ2v) is 6.22. The highest BCUT2D eigenvalue weighted by Crippen LogP contribution is 2.17. The third kappa shape index (κ3) is 3.38. The van der Waals surface area contributed by atoms with Crippen LogP contribution < -0.4 is 10.6 Å². The number of nitrogens with zero attached hydrogens (tertiary/aromatic N) is 1. The minimum atomic E-state index is -0.196. The quantitative estimate of drug-likeness (QED) is 0.766. The third-order valence-corrected chi connectivity index (χ3v) is 4.48. The molecule has 0 fully saturated rings. The molecule has 3 heterocycles. The minimum Gasteiger partial charge on any atom is -0.320 e. The van der Waals surface area contributed by atoms with E-state index >= 15 is 0 Å². The fourth-order valence-electron chi connectivity index (χ4n) is 1.78. The Morgan fingerprint density at radius 2 is 1.36 bits per heavy atom. The summed E-state index contributed by atoms with van der Waals surface area (Å²) in [6.45, 7) is 0. The van der Waals surface area contributed by atoms with Gasteiger partial charge in [-0.25, -0.2) is 0 Å². The van der Waals surface area contributed by atoms with E-state index in [9.17, 15) is 9.59 Å². The Bertz CT molecular complexity index is 719. The van der Waals surface area contributed by atoms with Crippen molar-refractivity contribution in [2.75, 3.05) is 10.6 Å². The topological polar surface area (TPSA) is 71.1 Å². The summed E-state index contributed by atoms with van der Waals surface area (Å²) in [6.07, 6.45) is 3.07. The monoisotopic (exact) mass is 329 g/mol. The number of rotatable bonds is 4. The van der Waals surface area contributed by atoms with Gasteiger partial charge >= 0.3 is 0 Å². The van der Waals surface area contributed by atoms with Gasteiger partial charge in [0, 0.05) is 0 Å². The Labute approximate surface area is 134 Å². The van der Waals surface area contributed by atoms with Crippen LogP contribution in [0.4, 0.5) is 11.4 Å². The predicted octanol–water partition coefficient (Wildman–Crippen LogP) is 3.71. The molecule has 22 heavy (non-hydrogen) atoms. The lowest BCUT2D eigenvalue weighted by atomic mass is 10.3. The molecule has 7 heteroatoms. The predicted molar refractivity (Wildman–Crippen MR) is 88.8 cm³/mol. The standard InChI is InChI=1S/C15H11N3O2S2/c19-14(12-3-1-5-21-12)17-10-7-11(9-16-8-10)18-15(20)13-4-2-6-22-13/h1-9H,(H,17,19)(H,18,20). The highest BCUT2D eigenvalue weighted by atomic mass is 32.1. The van der Waals surface area contributed by atoms with Gasteiger partial charge in [0.2, 0.25) is 0 Å².